The molecule has 4 fully saturated rings. The smallest absolute Gasteiger partial charge is 0.252 e. The van der Waals surface area contributed by atoms with Crippen molar-refractivity contribution in [2.24, 2.45) is 10.8 Å². The minimum absolute atomic E-state index is 0.0383. The highest BCUT2D eigenvalue weighted by atomic mass is 32.3. The van der Waals surface area contributed by atoms with Gasteiger partial charge in [0.05, 0.1) is 76.1 Å². The molecule has 8 rings (SSSR count). The van der Waals surface area contributed by atoms with E-state index in [0.717, 1.165) is 22.5 Å². The number of piperazine rings is 2. The van der Waals surface area contributed by atoms with Crippen LogP contribution in [0.5, 0.6) is 0 Å². The molecule has 0 unspecified atom stereocenters. The Hall–Kier alpha value is -2.98. The van der Waals surface area contributed by atoms with Crippen molar-refractivity contribution in [1.82, 2.24) is 8.61 Å². The molecule has 2 N–H and O–H groups in total. The number of nitrogens with zero attached hydrogens (tertiary/aromatic N) is 4. The maximum atomic E-state index is 13.1. The van der Waals surface area contributed by atoms with Crippen molar-refractivity contribution >= 4 is 54.1 Å². The number of aliphatic hydroxyl groups is 2. The summed E-state index contributed by atoms with van der Waals surface area (Å²) < 4.78 is 79.1. The molecule has 2 atom stereocenters. The number of sulfonamides is 2. The van der Waals surface area contributed by atoms with Gasteiger partial charge in [-0.2, -0.15) is 8.61 Å². The summed E-state index contributed by atoms with van der Waals surface area (Å²) in [5.74, 6) is 0. The minimum atomic E-state index is -3.51. The van der Waals surface area contributed by atoms with Crippen molar-refractivity contribution in [3.05, 3.63) is 94.7 Å². The molecule has 4 aromatic rings. The van der Waals surface area contributed by atoms with Gasteiger partial charge in [-0.05, 0) is 86.0 Å². The Morgan fingerprint density at radius 2 is 0.969 bits per heavy atom. The van der Waals surface area contributed by atoms with E-state index in [0.29, 0.717) is 101 Å². The van der Waals surface area contributed by atoms with Crippen molar-refractivity contribution in [2.75, 3.05) is 102 Å². The summed E-state index contributed by atoms with van der Waals surface area (Å²) in [4.78, 5) is 4.43. The van der Waals surface area contributed by atoms with Gasteiger partial charge in [0.2, 0.25) is 0 Å². The highest BCUT2D eigenvalue weighted by Gasteiger charge is 2.39. The van der Waals surface area contributed by atoms with Crippen LogP contribution in [0.2, 0.25) is 0 Å². The van der Waals surface area contributed by atoms with Crippen LogP contribution in [0, 0.1) is 10.8 Å². The minimum Gasteiger partial charge on any atom is -0.386 e. The number of ether oxygens (including phenoxy) is 4. The third-order valence-corrected chi connectivity index (χ3v) is 18.7. The quantitative estimate of drug-likeness (QED) is 0.139. The van der Waals surface area contributed by atoms with Crippen LogP contribution >= 0.6 is 22.7 Å². The Labute approximate surface area is 387 Å². The van der Waals surface area contributed by atoms with Crippen molar-refractivity contribution in [1.29, 1.82) is 0 Å². The fourth-order valence-electron chi connectivity index (χ4n) is 8.20. The van der Waals surface area contributed by atoms with Gasteiger partial charge in [-0.15, -0.1) is 22.7 Å². The van der Waals surface area contributed by atoms with E-state index in [2.05, 4.69) is 23.6 Å². The molecule has 4 aliphatic heterocycles. The summed E-state index contributed by atoms with van der Waals surface area (Å²) in [6.45, 7) is 18.8. The standard InChI is InChI=1S/2C23H32N2O5S2/c2*1-22(2,26)18-6-8-19(9-7-18)25-11-10-24(32(27,28)21-5-4-12-31-21)13-20(25)14-29-15-23(3)16-30-17-23/h2*4-9,12,20,26H,10-11,13-17H2,1-3H3/t2*20-/m11/s1. The van der Waals surface area contributed by atoms with Gasteiger partial charge in [-0.25, -0.2) is 16.8 Å². The lowest BCUT2D eigenvalue weighted by molar-refractivity contribution is -0.139. The van der Waals surface area contributed by atoms with E-state index in [1.165, 1.54) is 22.7 Å². The van der Waals surface area contributed by atoms with Gasteiger partial charge >= 0.3 is 0 Å². The van der Waals surface area contributed by atoms with Crippen molar-refractivity contribution in [3.8, 4) is 0 Å². The van der Waals surface area contributed by atoms with Crippen LogP contribution in [-0.4, -0.2) is 140 Å². The van der Waals surface area contributed by atoms with Crippen molar-refractivity contribution in [2.45, 2.75) is 73.2 Å². The van der Waals surface area contributed by atoms with Crippen LogP contribution in [0.3, 0.4) is 0 Å². The van der Waals surface area contributed by atoms with E-state index in [1.807, 2.05) is 48.5 Å². The third kappa shape index (κ3) is 11.6. The molecule has 14 nitrogen and oxygen atoms in total. The summed E-state index contributed by atoms with van der Waals surface area (Å²) in [7, 11) is -7.03. The molecule has 0 amide bonds. The average molecular weight is 961 g/mol. The topological polar surface area (TPSA) is 159 Å². The molecule has 352 valence electrons. The van der Waals surface area contributed by atoms with Gasteiger partial charge in [-0.3, -0.25) is 0 Å². The summed E-state index contributed by atoms with van der Waals surface area (Å²) in [5.41, 5.74) is 1.93. The number of hydrogen-bond donors (Lipinski definition) is 2. The zero-order valence-corrected chi connectivity index (χ0v) is 41.0. The molecule has 0 spiro atoms. The molecule has 0 aliphatic carbocycles. The maximum absolute atomic E-state index is 13.1. The lowest BCUT2D eigenvalue weighted by Crippen LogP contribution is -2.57. The van der Waals surface area contributed by atoms with E-state index < -0.39 is 31.2 Å². The Bertz CT molecular complexity index is 2160. The van der Waals surface area contributed by atoms with Crippen LogP contribution in [0.1, 0.15) is 52.7 Å². The lowest BCUT2D eigenvalue weighted by Gasteiger charge is -2.43. The van der Waals surface area contributed by atoms with E-state index in [4.69, 9.17) is 18.9 Å². The molecule has 4 saturated heterocycles. The first-order valence-electron chi connectivity index (χ1n) is 21.7. The summed E-state index contributed by atoms with van der Waals surface area (Å²) in [6.07, 6.45) is 0. The molecule has 6 heterocycles. The van der Waals surface area contributed by atoms with Crippen molar-refractivity contribution < 1.29 is 46.0 Å². The van der Waals surface area contributed by atoms with E-state index >= 15 is 0 Å². The second-order valence-corrected chi connectivity index (χ2v) is 25.4. The Morgan fingerprint density at radius 1 is 0.609 bits per heavy atom. The number of anilines is 2. The van der Waals surface area contributed by atoms with Gasteiger partial charge in [0, 0.05) is 61.5 Å². The van der Waals surface area contributed by atoms with Gasteiger partial charge in [0.15, 0.2) is 0 Å². The average Bonchev–Trinajstić information content (AvgIpc) is 4.00. The highest BCUT2D eigenvalue weighted by Crippen LogP contribution is 2.33. The number of benzene rings is 2. The molecular formula is C46H64N4O10S4. The van der Waals surface area contributed by atoms with Crippen molar-refractivity contribution in [3.63, 3.8) is 0 Å². The number of thiophene rings is 2. The summed E-state index contributed by atoms with van der Waals surface area (Å²) in [5, 5.41) is 24.1. The molecule has 0 saturated carbocycles. The van der Waals surface area contributed by atoms with Crippen LogP contribution < -0.4 is 9.80 Å². The van der Waals surface area contributed by atoms with Gasteiger partial charge in [0.25, 0.3) is 20.0 Å². The first kappa shape index (κ1) is 48.9. The Morgan fingerprint density at radius 3 is 1.25 bits per heavy atom. The van der Waals surface area contributed by atoms with Gasteiger partial charge in [0.1, 0.15) is 8.42 Å². The van der Waals surface area contributed by atoms with E-state index in [-0.39, 0.29) is 22.9 Å². The molecule has 0 bridgehead atoms. The predicted octanol–water partition coefficient (Wildman–Crippen LogP) is 5.82. The number of hydrogen-bond acceptors (Lipinski definition) is 14. The first-order chi connectivity index (χ1) is 30.2. The second kappa shape index (κ2) is 19.7. The monoisotopic (exact) mass is 960 g/mol. The third-order valence-electron chi connectivity index (χ3n) is 12.2. The fourth-order valence-corrected chi connectivity index (χ4v) is 13.4. The highest BCUT2D eigenvalue weighted by molar-refractivity contribution is 7.91. The fraction of sp³-hybridized carbons (Fsp3) is 0.565. The second-order valence-electron chi connectivity index (χ2n) is 19.1. The molecule has 18 heteroatoms. The summed E-state index contributed by atoms with van der Waals surface area (Å²) in [6, 6.07) is 22.3. The van der Waals surface area contributed by atoms with Gasteiger partial charge in [-0.1, -0.05) is 50.2 Å². The lowest BCUT2D eigenvalue weighted by atomic mass is 9.90. The van der Waals surface area contributed by atoms with E-state index in [1.54, 1.807) is 71.3 Å². The molecule has 2 aromatic carbocycles. The molecule has 2 aromatic heterocycles. The van der Waals surface area contributed by atoms with Crippen LogP contribution in [0.25, 0.3) is 0 Å². The Balaban J connectivity index is 0.000000191. The number of rotatable bonds is 16. The largest absolute Gasteiger partial charge is 0.386 e. The summed E-state index contributed by atoms with van der Waals surface area (Å²) >= 11 is 2.49. The molecule has 4 aliphatic rings. The maximum Gasteiger partial charge on any atom is 0.252 e. The van der Waals surface area contributed by atoms with Crippen LogP contribution in [0.4, 0.5) is 11.4 Å². The molecule has 64 heavy (non-hydrogen) atoms. The SMILES string of the molecule is CC1(COC[C@H]2CN(S(=O)(=O)c3cccs3)CCN2c2ccc(C(C)(C)O)cc2)COC1.CC1(COC[C@H]2CN(S(=O)(=O)c3cccs3)CCN2c2ccc(C(C)(C)O)cc2)COC1. The first-order valence-corrected chi connectivity index (χ1v) is 26.4. The Kier molecular flexibility index (Phi) is 15.1. The zero-order chi connectivity index (χ0) is 46.0. The molecule has 0 radical (unpaired) electrons. The molecular weight excluding hydrogens is 897 g/mol. The van der Waals surface area contributed by atoms with E-state index in [9.17, 15) is 27.0 Å². The van der Waals surface area contributed by atoms with Gasteiger partial charge < -0.3 is 39.0 Å². The zero-order valence-electron chi connectivity index (χ0n) is 37.7. The predicted molar refractivity (Wildman–Crippen MR) is 251 cm³/mol. The normalized spacial score (nSPS) is 22.0. The van der Waals surface area contributed by atoms with Crippen LogP contribution in [-0.2, 0) is 50.2 Å². The van der Waals surface area contributed by atoms with Crippen LogP contribution in [0.15, 0.2) is 92.0 Å².